The minimum Gasteiger partial charge on any atom is -0.369 e. The summed E-state index contributed by atoms with van der Waals surface area (Å²) in [6, 6.07) is 8.46. The molecule has 11 heteroatoms. The van der Waals surface area contributed by atoms with Gasteiger partial charge in [0.15, 0.2) is 15.5 Å². The molecule has 1 aromatic carbocycles. The molecule has 3 atom stereocenters. The van der Waals surface area contributed by atoms with E-state index in [-0.39, 0.29) is 33.8 Å². The van der Waals surface area contributed by atoms with Crippen LogP contribution in [0.4, 0.5) is 5.95 Å². The number of imidazole rings is 1. The van der Waals surface area contributed by atoms with Crippen molar-refractivity contribution in [1.29, 1.82) is 0 Å². The van der Waals surface area contributed by atoms with Crippen LogP contribution in [-0.4, -0.2) is 46.3 Å². The van der Waals surface area contributed by atoms with Crippen LogP contribution in [0.25, 0.3) is 22.1 Å². The van der Waals surface area contributed by atoms with E-state index in [1.54, 1.807) is 36.5 Å². The van der Waals surface area contributed by atoms with Crippen molar-refractivity contribution in [2.24, 2.45) is 11.8 Å². The van der Waals surface area contributed by atoms with Crippen LogP contribution in [0.2, 0.25) is 0 Å². The third-order valence-electron chi connectivity index (χ3n) is 8.04. The first-order valence-corrected chi connectivity index (χ1v) is 15.9. The second-order valence-corrected chi connectivity index (χ2v) is 14.7. The van der Waals surface area contributed by atoms with E-state index >= 15 is 0 Å². The fourth-order valence-electron chi connectivity index (χ4n) is 6.02. The Morgan fingerprint density at radius 3 is 2.46 bits per heavy atom. The number of nitrogens with two attached hydrogens (primary N) is 1. The molecule has 2 aliphatic carbocycles. The second-order valence-electron chi connectivity index (χ2n) is 10.6. The molecule has 2 aliphatic rings. The zero-order valence-corrected chi connectivity index (χ0v) is 22.5. The Labute approximate surface area is 216 Å². The molecule has 0 aliphatic heterocycles. The van der Waals surface area contributed by atoms with Gasteiger partial charge in [-0.05, 0) is 62.6 Å². The normalized spacial score (nSPS) is 22.8. The zero-order valence-electron chi connectivity index (χ0n) is 20.9. The highest BCUT2D eigenvalue weighted by Gasteiger charge is 2.42. The Kier molecular flexibility index (Phi) is 5.65. The topological polar surface area (TPSA) is 130 Å². The van der Waals surface area contributed by atoms with E-state index in [0.717, 1.165) is 36.8 Å². The largest absolute Gasteiger partial charge is 0.369 e. The third kappa shape index (κ3) is 4.03. The fraction of sp³-hybridized carbons (Fsp3) is 0.462. The summed E-state index contributed by atoms with van der Waals surface area (Å²) in [4.78, 5) is 9.20. The van der Waals surface area contributed by atoms with Gasteiger partial charge < -0.3 is 10.3 Å². The Morgan fingerprint density at radius 2 is 1.78 bits per heavy atom. The molecule has 37 heavy (non-hydrogen) atoms. The van der Waals surface area contributed by atoms with Crippen molar-refractivity contribution in [3.8, 4) is 0 Å². The van der Waals surface area contributed by atoms with Gasteiger partial charge in [0.2, 0.25) is 5.95 Å². The highest BCUT2D eigenvalue weighted by atomic mass is 32.2. The second kappa shape index (κ2) is 8.56. The van der Waals surface area contributed by atoms with Crippen LogP contribution in [0, 0.1) is 18.8 Å². The van der Waals surface area contributed by atoms with Gasteiger partial charge in [0.25, 0.3) is 10.0 Å². The highest BCUT2D eigenvalue weighted by molar-refractivity contribution is 7.92. The van der Waals surface area contributed by atoms with Crippen molar-refractivity contribution >= 4 is 47.9 Å². The summed E-state index contributed by atoms with van der Waals surface area (Å²) in [5.41, 5.74) is 9.08. The first-order valence-electron chi connectivity index (χ1n) is 12.8. The number of benzene rings is 1. The molecule has 2 N–H and O–H groups in total. The van der Waals surface area contributed by atoms with Gasteiger partial charge in [0.1, 0.15) is 5.52 Å². The van der Waals surface area contributed by atoms with Gasteiger partial charge in [0.05, 0.1) is 27.6 Å². The van der Waals surface area contributed by atoms with Crippen molar-refractivity contribution in [1.82, 2.24) is 18.5 Å². The van der Waals surface area contributed by atoms with Gasteiger partial charge in [0, 0.05) is 17.6 Å². The van der Waals surface area contributed by atoms with Gasteiger partial charge in [-0.15, -0.1) is 0 Å². The van der Waals surface area contributed by atoms with E-state index in [0.29, 0.717) is 28.9 Å². The van der Waals surface area contributed by atoms with Crippen molar-refractivity contribution in [3.63, 3.8) is 0 Å². The number of hydrogen-bond acceptors (Lipinski definition) is 7. The lowest BCUT2D eigenvalue weighted by atomic mass is 10.00. The van der Waals surface area contributed by atoms with Crippen LogP contribution in [-0.2, 0) is 19.9 Å². The molecular formula is C26H31N5O4S2. The third-order valence-corrected chi connectivity index (χ3v) is 12.1. The van der Waals surface area contributed by atoms with Crippen LogP contribution >= 0.6 is 0 Å². The average Bonchev–Trinajstić information content (AvgIpc) is 3.39. The number of anilines is 1. The Morgan fingerprint density at radius 1 is 1.05 bits per heavy atom. The molecule has 0 amide bonds. The van der Waals surface area contributed by atoms with Gasteiger partial charge in [-0.3, -0.25) is 0 Å². The van der Waals surface area contributed by atoms with Gasteiger partial charge >= 0.3 is 0 Å². The number of rotatable bonds is 7. The number of hydrogen-bond donors (Lipinski definition) is 1. The average molecular weight is 542 g/mol. The van der Waals surface area contributed by atoms with Crippen LogP contribution < -0.4 is 5.73 Å². The summed E-state index contributed by atoms with van der Waals surface area (Å²) >= 11 is 0. The van der Waals surface area contributed by atoms with E-state index in [4.69, 9.17) is 5.73 Å². The number of nitrogens with zero attached hydrogens (tertiary/aromatic N) is 4. The molecule has 0 saturated heterocycles. The maximum atomic E-state index is 13.5. The zero-order chi connectivity index (χ0) is 26.1. The van der Waals surface area contributed by atoms with E-state index in [9.17, 15) is 16.8 Å². The predicted octanol–water partition coefficient (Wildman–Crippen LogP) is 4.07. The molecule has 0 radical (unpaired) electrons. The van der Waals surface area contributed by atoms with E-state index in [2.05, 4.69) is 16.9 Å². The quantitative estimate of drug-likeness (QED) is 0.373. The lowest BCUT2D eigenvalue weighted by Crippen LogP contribution is -2.18. The number of sulfone groups is 1. The Hall–Kier alpha value is -2.92. The molecule has 0 bridgehead atoms. The molecule has 3 heterocycles. The molecule has 0 spiro atoms. The first-order chi connectivity index (χ1) is 17.6. The first kappa shape index (κ1) is 24.4. The van der Waals surface area contributed by atoms with Crippen LogP contribution in [0.3, 0.4) is 0 Å². The minimum absolute atomic E-state index is 0.0166. The van der Waals surface area contributed by atoms with Crippen molar-refractivity contribution in [2.45, 2.75) is 62.1 Å². The number of aryl methyl sites for hydroxylation is 1. The van der Waals surface area contributed by atoms with E-state index < -0.39 is 19.9 Å². The predicted molar refractivity (Wildman–Crippen MR) is 144 cm³/mol. The lowest BCUT2D eigenvalue weighted by molar-refractivity contribution is 0.381. The Bertz CT molecular complexity index is 1720. The smallest absolute Gasteiger partial charge is 0.269 e. The minimum atomic E-state index is -3.85. The van der Waals surface area contributed by atoms with Gasteiger partial charge in [-0.2, -0.15) is 0 Å². The van der Waals surface area contributed by atoms with Crippen molar-refractivity contribution < 1.29 is 16.8 Å². The standard InChI is InChI=1S/C26H31N5O4S2/c1-3-18-12-17(15-36(32,33)19-8-9-19)13-23(18)31-24-21-10-11-30(25(21)28-14-22(24)29-26(31)27)37(34,35)20-6-4-16(2)5-7-20/h4-7,10-11,14,17-19,23H,3,8-9,12-13,15H2,1-2H3,(H2,27,29)/t17-,18+,23-/m0/s1. The number of aromatic nitrogens is 4. The monoisotopic (exact) mass is 541 g/mol. The van der Waals surface area contributed by atoms with Crippen molar-refractivity contribution in [3.05, 3.63) is 48.3 Å². The SMILES string of the molecule is CC[C@@H]1C[C@H](CS(=O)(=O)C2CC2)C[C@@H]1n1c(N)nc2cnc3c(ccn3S(=O)(=O)c3ccc(C)cc3)c21. The highest BCUT2D eigenvalue weighted by Crippen LogP contribution is 2.46. The number of fused-ring (bicyclic) bond motifs is 3. The molecule has 2 saturated carbocycles. The molecular weight excluding hydrogens is 510 g/mol. The summed E-state index contributed by atoms with van der Waals surface area (Å²) < 4.78 is 55.5. The molecule has 9 nitrogen and oxygen atoms in total. The van der Waals surface area contributed by atoms with Gasteiger partial charge in [-0.1, -0.05) is 31.0 Å². The van der Waals surface area contributed by atoms with E-state index in [1.807, 2.05) is 11.5 Å². The number of pyridine rings is 1. The van der Waals surface area contributed by atoms with Crippen molar-refractivity contribution in [2.75, 3.05) is 11.5 Å². The maximum absolute atomic E-state index is 13.5. The molecule has 4 aromatic rings. The summed E-state index contributed by atoms with van der Waals surface area (Å²) in [5.74, 6) is 0.883. The summed E-state index contributed by atoms with van der Waals surface area (Å²) in [5, 5.41) is 0.494. The fourth-order valence-corrected chi connectivity index (χ4v) is 9.37. The lowest BCUT2D eigenvalue weighted by Gasteiger charge is -2.22. The van der Waals surface area contributed by atoms with E-state index in [1.165, 1.54) is 10.2 Å². The summed E-state index contributed by atoms with van der Waals surface area (Å²) in [6.07, 6.45) is 7.06. The number of nitrogen functional groups attached to an aromatic ring is 1. The molecule has 0 unspecified atom stereocenters. The summed E-state index contributed by atoms with van der Waals surface area (Å²) in [6.45, 7) is 4.02. The molecule has 2 fully saturated rings. The van der Waals surface area contributed by atoms with Gasteiger partial charge in [-0.25, -0.2) is 30.8 Å². The maximum Gasteiger partial charge on any atom is 0.269 e. The van der Waals surface area contributed by atoms with Crippen LogP contribution in [0.1, 0.15) is 50.6 Å². The van der Waals surface area contributed by atoms with Crippen LogP contribution in [0.5, 0.6) is 0 Å². The molecule has 6 rings (SSSR count). The summed E-state index contributed by atoms with van der Waals surface area (Å²) in [7, 11) is -6.91. The molecule has 3 aromatic heterocycles. The Balaban J connectivity index is 1.44. The van der Waals surface area contributed by atoms with Crippen LogP contribution in [0.15, 0.2) is 47.6 Å². The molecule has 196 valence electrons.